The lowest BCUT2D eigenvalue weighted by molar-refractivity contribution is -0.141. The third-order valence-corrected chi connectivity index (χ3v) is 8.26. The lowest BCUT2D eigenvalue weighted by atomic mass is 9.95. The Kier molecular flexibility index (Phi) is 10.1. The first-order valence-electron chi connectivity index (χ1n) is 13.2. The molecule has 1 saturated carbocycles. The molecule has 1 N–H and O–H groups in total. The fourth-order valence-corrected chi connectivity index (χ4v) is 5.72. The van der Waals surface area contributed by atoms with Crippen molar-refractivity contribution in [3.8, 4) is 0 Å². The number of nitrogens with zero attached hydrogens (tertiary/aromatic N) is 2. The van der Waals surface area contributed by atoms with Crippen molar-refractivity contribution < 1.29 is 18.0 Å². The molecule has 8 heteroatoms. The SMILES string of the molecule is Cc1ccc(CN(C(=O)CCCN(c2ccc(C)cc2)S(C)(=O)=O)C(C)C(=O)NC2CCCCC2)cc1. The summed E-state index contributed by atoms with van der Waals surface area (Å²) < 4.78 is 26.3. The van der Waals surface area contributed by atoms with E-state index in [1.165, 1.54) is 17.0 Å². The maximum atomic E-state index is 13.4. The van der Waals surface area contributed by atoms with Crippen LogP contribution < -0.4 is 9.62 Å². The van der Waals surface area contributed by atoms with Gasteiger partial charge in [-0.2, -0.15) is 0 Å². The molecule has 1 unspecified atom stereocenters. The molecule has 3 rings (SSSR count). The number of benzene rings is 2. The number of sulfonamides is 1. The zero-order chi connectivity index (χ0) is 27.0. The molecule has 0 radical (unpaired) electrons. The third kappa shape index (κ3) is 8.59. The van der Waals surface area contributed by atoms with Crippen LogP contribution in [0.25, 0.3) is 0 Å². The molecular formula is C29H41N3O4S. The maximum absolute atomic E-state index is 13.4. The Morgan fingerprint density at radius 3 is 2.08 bits per heavy atom. The summed E-state index contributed by atoms with van der Waals surface area (Å²) in [5.74, 6) is -0.297. The summed E-state index contributed by atoms with van der Waals surface area (Å²) in [6.45, 7) is 6.25. The fraction of sp³-hybridized carbons (Fsp3) is 0.517. The molecule has 0 spiro atoms. The molecule has 1 atom stereocenters. The van der Waals surface area contributed by atoms with Gasteiger partial charge in [0.05, 0.1) is 11.9 Å². The van der Waals surface area contributed by atoms with E-state index in [2.05, 4.69) is 5.32 Å². The van der Waals surface area contributed by atoms with Crippen molar-refractivity contribution in [1.82, 2.24) is 10.2 Å². The van der Waals surface area contributed by atoms with Crippen molar-refractivity contribution in [2.24, 2.45) is 0 Å². The molecule has 0 bridgehead atoms. The Balaban J connectivity index is 1.70. The molecule has 2 amide bonds. The zero-order valence-corrected chi connectivity index (χ0v) is 23.4. The minimum atomic E-state index is -3.50. The minimum absolute atomic E-state index is 0.134. The van der Waals surface area contributed by atoms with Crippen LogP contribution in [0.4, 0.5) is 5.69 Å². The summed E-state index contributed by atoms with van der Waals surface area (Å²) >= 11 is 0. The van der Waals surface area contributed by atoms with Gasteiger partial charge in [0.1, 0.15) is 6.04 Å². The van der Waals surface area contributed by atoms with Crippen molar-refractivity contribution in [3.63, 3.8) is 0 Å². The van der Waals surface area contributed by atoms with E-state index in [1.807, 2.05) is 50.2 Å². The van der Waals surface area contributed by atoms with Crippen LogP contribution >= 0.6 is 0 Å². The quantitative estimate of drug-likeness (QED) is 0.458. The van der Waals surface area contributed by atoms with Crippen LogP contribution in [0.5, 0.6) is 0 Å². The molecule has 202 valence electrons. The van der Waals surface area contributed by atoms with Crippen LogP contribution in [0.3, 0.4) is 0 Å². The van der Waals surface area contributed by atoms with Crippen LogP contribution in [0.15, 0.2) is 48.5 Å². The van der Waals surface area contributed by atoms with Crippen molar-refractivity contribution in [1.29, 1.82) is 0 Å². The van der Waals surface area contributed by atoms with Gasteiger partial charge in [0.15, 0.2) is 0 Å². The zero-order valence-electron chi connectivity index (χ0n) is 22.6. The van der Waals surface area contributed by atoms with E-state index in [0.717, 1.165) is 42.4 Å². The standard InChI is InChI=1S/C29H41N3O4S/c1-22-12-16-25(17-13-22)21-31(24(3)29(34)30-26-9-6-5-7-10-26)28(33)11-8-20-32(37(4,35)36)27-18-14-23(2)15-19-27/h12-19,24,26H,5-11,20-21H2,1-4H3,(H,30,34). The number of aryl methyl sites for hydroxylation is 2. The summed E-state index contributed by atoms with van der Waals surface area (Å²) in [5.41, 5.74) is 3.70. The van der Waals surface area contributed by atoms with Gasteiger partial charge in [0.25, 0.3) is 0 Å². The number of nitrogens with one attached hydrogen (secondary N) is 1. The first kappa shape index (κ1) is 28.7. The molecule has 2 aromatic carbocycles. The molecule has 0 heterocycles. The lowest BCUT2D eigenvalue weighted by Crippen LogP contribution is -2.50. The molecule has 1 fully saturated rings. The Morgan fingerprint density at radius 2 is 1.51 bits per heavy atom. The second-order valence-electron chi connectivity index (χ2n) is 10.3. The average molecular weight is 528 g/mol. The summed E-state index contributed by atoms with van der Waals surface area (Å²) in [6.07, 6.45) is 7.05. The molecule has 2 aromatic rings. The van der Waals surface area contributed by atoms with Gasteiger partial charge in [0, 0.05) is 25.6 Å². The van der Waals surface area contributed by atoms with Gasteiger partial charge < -0.3 is 10.2 Å². The first-order valence-corrected chi connectivity index (χ1v) is 15.1. The number of carbonyl (C=O) groups is 2. The highest BCUT2D eigenvalue weighted by molar-refractivity contribution is 7.92. The maximum Gasteiger partial charge on any atom is 0.242 e. The number of rotatable bonds is 11. The second-order valence-corrected chi connectivity index (χ2v) is 12.2. The highest BCUT2D eigenvalue weighted by Gasteiger charge is 2.28. The number of hydrogen-bond donors (Lipinski definition) is 1. The van der Waals surface area contributed by atoms with E-state index in [-0.39, 0.29) is 30.8 Å². The smallest absolute Gasteiger partial charge is 0.242 e. The van der Waals surface area contributed by atoms with Gasteiger partial charge in [-0.3, -0.25) is 13.9 Å². The van der Waals surface area contributed by atoms with Gasteiger partial charge in [-0.1, -0.05) is 66.8 Å². The van der Waals surface area contributed by atoms with E-state index in [9.17, 15) is 18.0 Å². The molecule has 0 saturated heterocycles. The lowest BCUT2D eigenvalue weighted by Gasteiger charge is -2.31. The van der Waals surface area contributed by atoms with Crippen molar-refractivity contribution >= 4 is 27.5 Å². The van der Waals surface area contributed by atoms with Crippen LogP contribution in [-0.4, -0.2) is 50.0 Å². The van der Waals surface area contributed by atoms with E-state index >= 15 is 0 Å². The molecule has 1 aliphatic rings. The van der Waals surface area contributed by atoms with Gasteiger partial charge in [-0.25, -0.2) is 8.42 Å². The topological polar surface area (TPSA) is 86.8 Å². The number of amides is 2. The van der Waals surface area contributed by atoms with Crippen LogP contribution in [0, 0.1) is 13.8 Å². The van der Waals surface area contributed by atoms with Crippen molar-refractivity contribution in [2.75, 3.05) is 17.1 Å². The van der Waals surface area contributed by atoms with Crippen molar-refractivity contribution in [3.05, 3.63) is 65.2 Å². The first-order chi connectivity index (χ1) is 17.5. The fourth-order valence-electron chi connectivity index (χ4n) is 4.76. The van der Waals surface area contributed by atoms with Gasteiger partial charge >= 0.3 is 0 Å². The van der Waals surface area contributed by atoms with Crippen LogP contribution in [0.1, 0.15) is 68.6 Å². The van der Waals surface area contributed by atoms with E-state index in [4.69, 9.17) is 0 Å². The Hall–Kier alpha value is -2.87. The predicted molar refractivity (Wildman–Crippen MR) is 149 cm³/mol. The minimum Gasteiger partial charge on any atom is -0.352 e. The molecule has 0 aromatic heterocycles. The Bertz CT molecular complexity index is 1140. The van der Waals surface area contributed by atoms with E-state index in [0.29, 0.717) is 18.7 Å². The molecular weight excluding hydrogens is 486 g/mol. The van der Waals surface area contributed by atoms with Gasteiger partial charge in [0.2, 0.25) is 21.8 Å². The highest BCUT2D eigenvalue weighted by Crippen LogP contribution is 2.21. The van der Waals surface area contributed by atoms with Gasteiger partial charge in [-0.05, 0) is 57.7 Å². The van der Waals surface area contributed by atoms with Crippen LogP contribution in [0.2, 0.25) is 0 Å². The number of carbonyl (C=O) groups excluding carboxylic acids is 2. The monoisotopic (exact) mass is 527 g/mol. The predicted octanol–water partition coefficient (Wildman–Crippen LogP) is 4.72. The number of hydrogen-bond acceptors (Lipinski definition) is 4. The summed E-state index contributed by atoms with van der Waals surface area (Å²) in [5, 5.41) is 3.15. The third-order valence-electron chi connectivity index (χ3n) is 7.07. The summed E-state index contributed by atoms with van der Waals surface area (Å²) in [7, 11) is -3.50. The van der Waals surface area contributed by atoms with Crippen LogP contribution in [-0.2, 0) is 26.2 Å². The molecule has 0 aliphatic heterocycles. The molecule has 37 heavy (non-hydrogen) atoms. The van der Waals surface area contributed by atoms with Crippen molar-refractivity contribution in [2.45, 2.75) is 84.3 Å². The largest absolute Gasteiger partial charge is 0.352 e. The number of anilines is 1. The van der Waals surface area contributed by atoms with E-state index in [1.54, 1.807) is 24.0 Å². The molecule has 7 nitrogen and oxygen atoms in total. The Labute approximate surface area is 222 Å². The molecule has 1 aliphatic carbocycles. The highest BCUT2D eigenvalue weighted by atomic mass is 32.2. The van der Waals surface area contributed by atoms with E-state index < -0.39 is 16.1 Å². The Morgan fingerprint density at radius 1 is 0.946 bits per heavy atom. The van der Waals surface area contributed by atoms with Gasteiger partial charge in [-0.15, -0.1) is 0 Å². The normalized spacial score (nSPS) is 15.1. The summed E-state index contributed by atoms with van der Waals surface area (Å²) in [6, 6.07) is 14.8. The summed E-state index contributed by atoms with van der Waals surface area (Å²) in [4.78, 5) is 28.2. The second kappa shape index (κ2) is 13.1. The average Bonchev–Trinajstić information content (AvgIpc) is 2.86.